The molecule has 128 valence electrons. The van der Waals surface area contributed by atoms with Crippen molar-refractivity contribution in [3.8, 4) is 11.4 Å². The number of thiazole rings is 1. The first-order valence-electron chi connectivity index (χ1n) is 7.36. The van der Waals surface area contributed by atoms with Crippen LogP contribution in [0, 0.1) is 0 Å². The van der Waals surface area contributed by atoms with E-state index >= 15 is 0 Å². The molecular formula is C16H13ClN4O3S. The summed E-state index contributed by atoms with van der Waals surface area (Å²) in [6.45, 7) is 1.43. The van der Waals surface area contributed by atoms with E-state index in [1.54, 1.807) is 29.6 Å². The van der Waals surface area contributed by atoms with E-state index in [2.05, 4.69) is 20.4 Å². The molecule has 0 saturated carbocycles. The average Bonchev–Trinajstić information content (AvgIpc) is 3.23. The fraction of sp³-hybridized carbons (Fsp3) is 0.188. The molecule has 0 spiro atoms. The molecule has 0 atom stereocenters. The van der Waals surface area contributed by atoms with E-state index in [0.29, 0.717) is 34.0 Å². The van der Waals surface area contributed by atoms with Crippen molar-refractivity contribution in [1.82, 2.24) is 15.1 Å². The number of Topliss-reactive ketones (excluding diaryl/α,β-unsaturated/α-hetero) is 1. The molecule has 25 heavy (non-hydrogen) atoms. The normalized spacial score (nSPS) is 10.6. The number of rotatable bonds is 6. The van der Waals surface area contributed by atoms with Crippen LogP contribution < -0.4 is 5.32 Å². The highest BCUT2D eigenvalue weighted by molar-refractivity contribution is 7.14. The second kappa shape index (κ2) is 7.54. The third-order valence-corrected chi connectivity index (χ3v) is 4.26. The monoisotopic (exact) mass is 376 g/mol. The van der Waals surface area contributed by atoms with Gasteiger partial charge in [-0.2, -0.15) is 4.98 Å². The fourth-order valence-corrected chi connectivity index (χ4v) is 2.86. The number of hydrogen-bond acceptors (Lipinski definition) is 7. The minimum absolute atomic E-state index is 0.141. The summed E-state index contributed by atoms with van der Waals surface area (Å²) >= 11 is 7.05. The second-order valence-electron chi connectivity index (χ2n) is 5.16. The summed E-state index contributed by atoms with van der Waals surface area (Å²) in [5.41, 5.74) is 1.12. The van der Waals surface area contributed by atoms with Crippen molar-refractivity contribution in [2.75, 3.05) is 5.32 Å². The molecule has 0 aliphatic heterocycles. The standard InChI is InChI=1S/C16H13ClN4O3S/c1-9(22)12-8-25-16(18-12)19-13(23)6-7-14-20-15(21-24-14)10-2-4-11(17)5-3-10/h2-5,8H,6-7H2,1H3,(H,18,19,23). The maximum absolute atomic E-state index is 11.9. The number of halogens is 1. The van der Waals surface area contributed by atoms with Crippen molar-refractivity contribution in [3.63, 3.8) is 0 Å². The van der Waals surface area contributed by atoms with Gasteiger partial charge in [-0.25, -0.2) is 4.98 Å². The average molecular weight is 377 g/mol. The third kappa shape index (κ3) is 4.49. The van der Waals surface area contributed by atoms with Gasteiger partial charge >= 0.3 is 0 Å². The van der Waals surface area contributed by atoms with Crippen molar-refractivity contribution in [3.05, 3.63) is 46.3 Å². The maximum atomic E-state index is 11.9. The number of hydrogen-bond donors (Lipinski definition) is 1. The Morgan fingerprint density at radius 2 is 2.00 bits per heavy atom. The first-order chi connectivity index (χ1) is 12.0. The number of anilines is 1. The lowest BCUT2D eigenvalue weighted by atomic mass is 10.2. The third-order valence-electron chi connectivity index (χ3n) is 3.25. The van der Waals surface area contributed by atoms with Gasteiger partial charge in [-0.05, 0) is 24.3 Å². The molecular weight excluding hydrogens is 364 g/mol. The lowest BCUT2D eigenvalue weighted by Gasteiger charge is -1.98. The highest BCUT2D eigenvalue weighted by Gasteiger charge is 2.12. The number of aromatic nitrogens is 3. The van der Waals surface area contributed by atoms with Crippen LogP contribution in [0.1, 0.15) is 29.7 Å². The van der Waals surface area contributed by atoms with E-state index in [4.69, 9.17) is 16.1 Å². The Morgan fingerprint density at radius 1 is 1.24 bits per heavy atom. The lowest BCUT2D eigenvalue weighted by molar-refractivity contribution is -0.116. The smallest absolute Gasteiger partial charge is 0.227 e. The van der Waals surface area contributed by atoms with Gasteiger partial charge in [0.15, 0.2) is 10.9 Å². The molecule has 7 nitrogen and oxygen atoms in total. The van der Waals surface area contributed by atoms with E-state index in [0.717, 1.165) is 5.56 Å². The van der Waals surface area contributed by atoms with Crippen molar-refractivity contribution in [2.24, 2.45) is 0 Å². The van der Waals surface area contributed by atoms with Crippen molar-refractivity contribution < 1.29 is 14.1 Å². The predicted molar refractivity (Wildman–Crippen MR) is 93.8 cm³/mol. The van der Waals surface area contributed by atoms with Crippen molar-refractivity contribution >= 4 is 39.8 Å². The molecule has 2 aromatic heterocycles. The van der Waals surface area contributed by atoms with Gasteiger partial charge < -0.3 is 9.84 Å². The quantitative estimate of drug-likeness (QED) is 0.660. The zero-order valence-electron chi connectivity index (χ0n) is 13.2. The van der Waals surface area contributed by atoms with Crippen LogP contribution in [0.4, 0.5) is 5.13 Å². The molecule has 2 heterocycles. The van der Waals surface area contributed by atoms with Gasteiger partial charge in [0.1, 0.15) is 5.69 Å². The summed E-state index contributed by atoms with van der Waals surface area (Å²) in [7, 11) is 0. The lowest BCUT2D eigenvalue weighted by Crippen LogP contribution is -2.12. The summed E-state index contributed by atoms with van der Waals surface area (Å²) in [5, 5.41) is 9.16. The van der Waals surface area contributed by atoms with E-state index < -0.39 is 0 Å². The first kappa shape index (κ1) is 17.2. The Bertz CT molecular complexity index is 904. The SMILES string of the molecule is CC(=O)c1csc(NC(=O)CCc2nc(-c3ccc(Cl)cc3)no2)n1. The number of amides is 1. The molecule has 0 aliphatic carbocycles. The molecule has 9 heteroatoms. The maximum Gasteiger partial charge on any atom is 0.227 e. The van der Waals surface area contributed by atoms with Gasteiger partial charge in [0.2, 0.25) is 17.6 Å². The number of nitrogens with one attached hydrogen (secondary N) is 1. The number of aryl methyl sites for hydroxylation is 1. The van der Waals surface area contributed by atoms with Gasteiger partial charge in [-0.1, -0.05) is 16.8 Å². The van der Waals surface area contributed by atoms with Crippen LogP contribution in [0.2, 0.25) is 5.02 Å². The van der Waals surface area contributed by atoms with Crippen molar-refractivity contribution in [2.45, 2.75) is 19.8 Å². The Labute approximate surface area is 152 Å². The minimum atomic E-state index is -0.240. The minimum Gasteiger partial charge on any atom is -0.339 e. The number of carbonyl (C=O) groups is 2. The van der Waals surface area contributed by atoms with Crippen LogP contribution in [0.15, 0.2) is 34.2 Å². The van der Waals surface area contributed by atoms with Crippen LogP contribution in [-0.2, 0) is 11.2 Å². The fourth-order valence-electron chi connectivity index (χ4n) is 1.97. The summed E-state index contributed by atoms with van der Waals surface area (Å²) in [6, 6.07) is 7.06. The molecule has 3 aromatic rings. The zero-order valence-corrected chi connectivity index (χ0v) is 14.7. The molecule has 1 N–H and O–H groups in total. The molecule has 3 rings (SSSR count). The van der Waals surface area contributed by atoms with Crippen LogP contribution in [0.5, 0.6) is 0 Å². The van der Waals surface area contributed by atoms with Gasteiger partial charge in [-0.15, -0.1) is 11.3 Å². The summed E-state index contributed by atoms with van der Waals surface area (Å²) in [4.78, 5) is 31.4. The van der Waals surface area contributed by atoms with Crippen LogP contribution in [0.25, 0.3) is 11.4 Å². The molecule has 1 aromatic carbocycles. The van der Waals surface area contributed by atoms with E-state index in [9.17, 15) is 9.59 Å². The summed E-state index contributed by atoms with van der Waals surface area (Å²) in [5.74, 6) is 0.426. The van der Waals surface area contributed by atoms with Gasteiger partial charge in [0.25, 0.3) is 0 Å². The van der Waals surface area contributed by atoms with E-state index in [1.807, 2.05) is 0 Å². The Kier molecular flexibility index (Phi) is 5.20. The molecule has 0 aliphatic rings. The van der Waals surface area contributed by atoms with Gasteiger partial charge in [0.05, 0.1) is 0 Å². The molecule has 0 saturated heterocycles. The van der Waals surface area contributed by atoms with E-state index in [-0.39, 0.29) is 18.1 Å². The Balaban J connectivity index is 1.55. The molecule has 1 amide bonds. The molecule has 0 fully saturated rings. The number of ketones is 1. The summed E-state index contributed by atoms with van der Waals surface area (Å²) < 4.78 is 5.15. The summed E-state index contributed by atoms with van der Waals surface area (Å²) in [6.07, 6.45) is 0.467. The topological polar surface area (TPSA) is 98.0 Å². The predicted octanol–water partition coefficient (Wildman–Crippen LogP) is 3.62. The van der Waals surface area contributed by atoms with E-state index in [1.165, 1.54) is 18.3 Å². The molecule has 0 radical (unpaired) electrons. The zero-order chi connectivity index (χ0) is 17.8. The molecule has 0 bridgehead atoms. The van der Waals surface area contributed by atoms with Crippen LogP contribution in [-0.4, -0.2) is 26.8 Å². The Morgan fingerprint density at radius 3 is 2.68 bits per heavy atom. The number of benzene rings is 1. The van der Waals surface area contributed by atoms with Crippen LogP contribution in [0.3, 0.4) is 0 Å². The molecule has 0 unspecified atom stereocenters. The van der Waals surface area contributed by atoms with Gasteiger partial charge in [0, 0.05) is 35.7 Å². The second-order valence-corrected chi connectivity index (χ2v) is 6.46. The highest BCUT2D eigenvalue weighted by Crippen LogP contribution is 2.19. The van der Waals surface area contributed by atoms with Gasteiger partial charge in [-0.3, -0.25) is 9.59 Å². The number of nitrogens with zero attached hydrogens (tertiary/aromatic N) is 3. The largest absolute Gasteiger partial charge is 0.339 e. The first-order valence-corrected chi connectivity index (χ1v) is 8.62. The number of carbonyl (C=O) groups excluding carboxylic acids is 2. The highest BCUT2D eigenvalue weighted by atomic mass is 35.5. The Hall–Kier alpha value is -2.58. The van der Waals surface area contributed by atoms with Crippen LogP contribution >= 0.6 is 22.9 Å². The van der Waals surface area contributed by atoms with Crippen molar-refractivity contribution in [1.29, 1.82) is 0 Å².